The fourth-order valence-corrected chi connectivity index (χ4v) is 6.65. The van der Waals surface area contributed by atoms with E-state index in [0.29, 0.717) is 28.0 Å². The van der Waals surface area contributed by atoms with Crippen LogP contribution < -0.4 is 35.0 Å². The lowest BCUT2D eigenvalue weighted by Gasteiger charge is -2.40. The lowest BCUT2D eigenvalue weighted by molar-refractivity contribution is -0.135. The maximum absolute atomic E-state index is 14.3. The molecule has 3 N–H and O–H groups in total. The van der Waals surface area contributed by atoms with Crippen molar-refractivity contribution in [2.24, 2.45) is 0 Å². The van der Waals surface area contributed by atoms with Crippen LogP contribution in [0.15, 0.2) is 71.5 Å². The van der Waals surface area contributed by atoms with Gasteiger partial charge in [0.1, 0.15) is 23.4 Å². The fourth-order valence-electron chi connectivity index (χ4n) is 5.89. The Hall–Kier alpha value is -5.26. The van der Waals surface area contributed by atoms with Crippen molar-refractivity contribution in [1.29, 1.82) is 0 Å². The highest BCUT2D eigenvalue weighted by molar-refractivity contribution is 7.88. The molecule has 4 aromatic rings. The minimum atomic E-state index is -3.81. The number of ether oxygens (including phenoxy) is 2. The molecule has 0 spiro atoms. The van der Waals surface area contributed by atoms with E-state index < -0.39 is 51.5 Å². The Bertz CT molecular complexity index is 2080. The molecule has 15 nitrogen and oxygen atoms in total. The van der Waals surface area contributed by atoms with Crippen LogP contribution in [-0.2, 0) is 14.8 Å². The van der Waals surface area contributed by atoms with E-state index in [0.717, 1.165) is 6.26 Å². The van der Waals surface area contributed by atoms with E-state index in [1.54, 1.807) is 54.4 Å². The number of nitrogens with zero attached hydrogens (tertiary/aromatic N) is 5. The minimum absolute atomic E-state index is 0. The van der Waals surface area contributed by atoms with Crippen LogP contribution in [0.1, 0.15) is 28.6 Å². The molecule has 0 aliphatic carbocycles. The van der Waals surface area contributed by atoms with Crippen LogP contribution in [-0.4, -0.2) is 98.8 Å². The Balaban J connectivity index is 0.00000378. The maximum Gasteiger partial charge on any atom is 0.327 e. The zero-order chi connectivity index (χ0) is 37.0. The highest BCUT2D eigenvalue weighted by Crippen LogP contribution is 2.37. The van der Waals surface area contributed by atoms with Crippen molar-refractivity contribution in [3.63, 3.8) is 0 Å². The number of aliphatic hydroxyl groups excluding tert-OH is 1. The standard InChI is InChI=1S/C34H40FN7O8S.2H2/c1-21(41(28-15-14-25(49-3)20-29(28)50-4)34(46)36-24-12-10-23(35)11-13-24)31-37-27-9-7-6-8-26(27)32(44)42(31)40-18-16-39(17-19-40)33(45)30(22(2)43)38-51(5,47)48;;/h6-15,20-22,30,38,43H,16-19H2,1-5H3,(H,36,46);2*1H/t21?,22-,30-;;/m0../s1. The van der Waals surface area contributed by atoms with Crippen LogP contribution in [0.2, 0.25) is 0 Å². The highest BCUT2D eigenvalue weighted by Gasteiger charge is 2.35. The summed E-state index contributed by atoms with van der Waals surface area (Å²) in [4.78, 5) is 49.5. The third kappa shape index (κ3) is 8.22. The van der Waals surface area contributed by atoms with Crippen LogP contribution in [0.5, 0.6) is 11.5 Å². The molecule has 0 bridgehead atoms. The number of benzene rings is 3. The maximum atomic E-state index is 14.3. The van der Waals surface area contributed by atoms with Gasteiger partial charge in [0, 0.05) is 27.7 Å². The minimum Gasteiger partial charge on any atom is -0.497 e. The third-order valence-electron chi connectivity index (χ3n) is 8.44. The van der Waals surface area contributed by atoms with E-state index in [1.165, 1.54) is 59.9 Å². The van der Waals surface area contributed by atoms with Gasteiger partial charge in [-0.05, 0) is 62.4 Å². The summed E-state index contributed by atoms with van der Waals surface area (Å²) in [6.07, 6.45) is -0.396. The van der Waals surface area contributed by atoms with Gasteiger partial charge in [-0.3, -0.25) is 14.5 Å². The molecule has 3 amide bonds. The number of amides is 3. The number of fused-ring (bicyclic) bond motifs is 1. The second-order valence-corrected chi connectivity index (χ2v) is 13.8. The van der Waals surface area contributed by atoms with Crippen molar-refractivity contribution in [2.45, 2.75) is 32.0 Å². The van der Waals surface area contributed by atoms with Crippen molar-refractivity contribution in [1.82, 2.24) is 19.3 Å². The quantitative estimate of drug-likeness (QED) is 0.208. The van der Waals surface area contributed by atoms with E-state index in [4.69, 9.17) is 14.5 Å². The average molecular weight is 730 g/mol. The topological polar surface area (TPSA) is 176 Å². The molecule has 2 heterocycles. The van der Waals surface area contributed by atoms with Gasteiger partial charge in [0.05, 0.1) is 62.3 Å². The second-order valence-electron chi connectivity index (χ2n) is 12.0. The van der Waals surface area contributed by atoms with E-state index in [1.807, 2.05) is 0 Å². The molecule has 1 aromatic heterocycles. The number of piperazine rings is 1. The van der Waals surface area contributed by atoms with Crippen LogP contribution in [0, 0.1) is 5.82 Å². The van der Waals surface area contributed by atoms with Crippen molar-refractivity contribution in [3.8, 4) is 11.5 Å². The summed E-state index contributed by atoms with van der Waals surface area (Å²) in [6, 6.07) is 14.0. The average Bonchev–Trinajstić information content (AvgIpc) is 3.11. The van der Waals surface area contributed by atoms with Gasteiger partial charge in [-0.25, -0.2) is 32.0 Å². The van der Waals surface area contributed by atoms with Crippen LogP contribution in [0.25, 0.3) is 10.9 Å². The summed E-state index contributed by atoms with van der Waals surface area (Å²) >= 11 is 0. The third-order valence-corrected chi connectivity index (χ3v) is 9.12. The van der Waals surface area contributed by atoms with Gasteiger partial charge in [0.2, 0.25) is 15.9 Å². The van der Waals surface area contributed by atoms with Gasteiger partial charge < -0.3 is 29.8 Å². The normalized spacial score (nSPS) is 15.2. The Kier molecular flexibility index (Phi) is 11.1. The Morgan fingerprint density at radius 1 is 1.00 bits per heavy atom. The molecule has 276 valence electrons. The Morgan fingerprint density at radius 2 is 1.67 bits per heavy atom. The number of nitrogens with one attached hydrogen (secondary N) is 2. The molecule has 3 aromatic carbocycles. The number of methoxy groups -OCH3 is 2. The number of hydrogen-bond donors (Lipinski definition) is 3. The number of hydrogen-bond acceptors (Lipinski definition) is 10. The zero-order valence-electron chi connectivity index (χ0n) is 28.7. The second kappa shape index (κ2) is 15.3. The van der Waals surface area contributed by atoms with Gasteiger partial charge in [0.25, 0.3) is 5.56 Å². The summed E-state index contributed by atoms with van der Waals surface area (Å²) in [5, 5.41) is 15.0. The van der Waals surface area contributed by atoms with Crippen molar-refractivity contribution in [3.05, 3.63) is 88.7 Å². The molecule has 1 aliphatic heterocycles. The molecule has 0 radical (unpaired) electrons. The first-order valence-electron chi connectivity index (χ1n) is 16.0. The van der Waals surface area contributed by atoms with Gasteiger partial charge in [0.15, 0.2) is 5.82 Å². The molecule has 51 heavy (non-hydrogen) atoms. The number of aliphatic hydroxyl groups is 1. The smallest absolute Gasteiger partial charge is 0.327 e. The largest absolute Gasteiger partial charge is 0.497 e. The lowest BCUT2D eigenvalue weighted by atomic mass is 10.1. The van der Waals surface area contributed by atoms with Gasteiger partial charge in [-0.15, -0.1) is 0 Å². The summed E-state index contributed by atoms with van der Waals surface area (Å²) in [6.45, 7) is 3.45. The SMILES string of the molecule is COc1ccc(N(C(=O)Nc2ccc(F)cc2)C(C)c2nc3ccccc3c(=O)n2N2CCN(C(=O)[C@@H](NS(C)(=O)=O)[C@H](C)O)CC2)c(OC)c1.[HH].[HH]. The molecule has 1 aliphatic rings. The number of carbonyl (C=O) groups excluding carboxylic acids is 2. The number of sulfonamides is 1. The first-order valence-corrected chi connectivity index (χ1v) is 17.9. The van der Waals surface area contributed by atoms with Crippen LogP contribution >= 0.6 is 0 Å². The number of rotatable bonds is 11. The summed E-state index contributed by atoms with van der Waals surface area (Å²) in [7, 11) is -0.872. The summed E-state index contributed by atoms with van der Waals surface area (Å²) in [5.74, 6) is -0.143. The Labute approximate surface area is 297 Å². The molecule has 1 fully saturated rings. The first kappa shape index (κ1) is 37.0. The monoisotopic (exact) mass is 729 g/mol. The zero-order valence-corrected chi connectivity index (χ0v) is 29.6. The summed E-state index contributed by atoms with van der Waals surface area (Å²) < 4.78 is 52.1. The molecule has 0 saturated carbocycles. The van der Waals surface area contributed by atoms with E-state index >= 15 is 0 Å². The predicted molar refractivity (Wildman–Crippen MR) is 194 cm³/mol. The molecule has 5 rings (SSSR count). The number of urea groups is 1. The van der Waals surface area contributed by atoms with E-state index in [9.17, 15) is 32.3 Å². The van der Waals surface area contributed by atoms with Gasteiger partial charge >= 0.3 is 6.03 Å². The number of halogens is 1. The molecular formula is C34H44FN7O8S. The number of aromatic nitrogens is 2. The van der Waals surface area contributed by atoms with Crippen LogP contribution in [0.3, 0.4) is 0 Å². The van der Waals surface area contributed by atoms with Crippen molar-refractivity contribution in [2.75, 3.05) is 61.9 Å². The van der Waals surface area contributed by atoms with E-state index in [2.05, 4.69) is 10.0 Å². The molecule has 3 atom stereocenters. The van der Waals surface area contributed by atoms with E-state index in [-0.39, 0.29) is 40.6 Å². The predicted octanol–water partition coefficient (Wildman–Crippen LogP) is 2.92. The van der Waals surface area contributed by atoms with Gasteiger partial charge in [-0.1, -0.05) is 12.1 Å². The number of carbonyl (C=O) groups is 2. The first-order chi connectivity index (χ1) is 24.2. The number of para-hydroxylation sites is 1. The molecule has 1 saturated heterocycles. The van der Waals surface area contributed by atoms with Crippen molar-refractivity contribution < 1.29 is 39.8 Å². The fraction of sp³-hybridized carbons (Fsp3) is 0.353. The molecule has 1 unspecified atom stereocenters. The van der Waals surface area contributed by atoms with Crippen LogP contribution in [0.4, 0.5) is 20.6 Å². The lowest BCUT2D eigenvalue weighted by Crippen LogP contribution is -2.61. The van der Waals surface area contributed by atoms with Crippen molar-refractivity contribution >= 4 is 44.2 Å². The molecular weight excluding hydrogens is 685 g/mol. The Morgan fingerprint density at radius 3 is 2.27 bits per heavy atom. The molecule has 17 heteroatoms. The highest BCUT2D eigenvalue weighted by atomic mass is 32.2. The van der Waals surface area contributed by atoms with Gasteiger partial charge in [-0.2, -0.15) is 0 Å². The number of anilines is 2. The summed E-state index contributed by atoms with van der Waals surface area (Å²) in [5.41, 5.74) is 0.610.